The van der Waals surface area contributed by atoms with Gasteiger partial charge in [-0.3, -0.25) is 14.9 Å². The molecule has 0 spiro atoms. The molecule has 0 radical (unpaired) electrons. The number of nitrogens with zero attached hydrogens (tertiary/aromatic N) is 5. The van der Waals surface area contributed by atoms with E-state index in [9.17, 15) is 0 Å². The van der Waals surface area contributed by atoms with Gasteiger partial charge in [0.1, 0.15) is 11.3 Å². The van der Waals surface area contributed by atoms with Crippen molar-refractivity contribution in [2.75, 3.05) is 20.2 Å². The summed E-state index contributed by atoms with van der Waals surface area (Å²) in [5, 5.41) is 4.10. The van der Waals surface area contributed by atoms with Crippen molar-refractivity contribution in [3.8, 4) is 11.5 Å². The molecule has 0 amide bonds. The van der Waals surface area contributed by atoms with E-state index in [0.717, 1.165) is 31.6 Å². The molecule has 1 aliphatic heterocycles. The van der Waals surface area contributed by atoms with E-state index in [4.69, 9.17) is 9.26 Å². The van der Waals surface area contributed by atoms with E-state index >= 15 is 0 Å². The zero-order valence-corrected chi connectivity index (χ0v) is 15.6. The molecule has 27 heavy (non-hydrogen) atoms. The summed E-state index contributed by atoms with van der Waals surface area (Å²) in [6.07, 6.45) is 5.12. The molecule has 0 saturated carbocycles. The summed E-state index contributed by atoms with van der Waals surface area (Å²) in [7, 11) is 1.71. The number of hydrogen-bond donors (Lipinski definition) is 0. The van der Waals surface area contributed by atoms with Gasteiger partial charge in [0.05, 0.1) is 5.69 Å². The van der Waals surface area contributed by atoms with Gasteiger partial charge in [0, 0.05) is 38.6 Å². The third-order valence-corrected chi connectivity index (χ3v) is 5.37. The van der Waals surface area contributed by atoms with E-state index in [1.54, 1.807) is 13.3 Å². The number of rotatable bonds is 5. The fourth-order valence-corrected chi connectivity index (χ4v) is 3.60. The Bertz CT molecular complexity index is 860. The Morgan fingerprint density at radius 3 is 2.44 bits per heavy atom. The van der Waals surface area contributed by atoms with Gasteiger partial charge in [0.25, 0.3) is 5.89 Å². The van der Waals surface area contributed by atoms with E-state index in [1.807, 2.05) is 36.5 Å². The monoisotopic (exact) mass is 365 g/mol. The average Bonchev–Trinajstić information content (AvgIpc) is 3.25. The quantitative estimate of drug-likeness (QED) is 0.687. The van der Waals surface area contributed by atoms with Crippen LogP contribution < -0.4 is 0 Å². The molecule has 0 N–H and O–H groups in total. The maximum absolute atomic E-state index is 5.89. The molecule has 7 nitrogen and oxygen atoms in total. The van der Waals surface area contributed by atoms with Crippen molar-refractivity contribution >= 4 is 0 Å². The molecule has 7 heteroatoms. The number of aromatic nitrogens is 4. The normalized spacial score (nSPS) is 18.3. The summed E-state index contributed by atoms with van der Waals surface area (Å²) >= 11 is 0. The maximum atomic E-state index is 5.89. The van der Waals surface area contributed by atoms with Gasteiger partial charge in [-0.2, -0.15) is 4.98 Å². The second-order valence-corrected chi connectivity index (χ2v) is 6.80. The highest BCUT2D eigenvalue weighted by Gasteiger charge is 2.42. The molecule has 0 unspecified atom stereocenters. The molecule has 0 aromatic carbocycles. The van der Waals surface area contributed by atoms with Crippen LogP contribution in [0.15, 0.2) is 53.3 Å². The average molecular weight is 365 g/mol. The Morgan fingerprint density at radius 1 is 1.07 bits per heavy atom. The van der Waals surface area contributed by atoms with Crippen molar-refractivity contribution in [2.24, 2.45) is 0 Å². The van der Waals surface area contributed by atoms with Crippen LogP contribution in [-0.2, 0) is 10.3 Å². The van der Waals surface area contributed by atoms with Crippen LogP contribution in [0.2, 0.25) is 0 Å². The van der Waals surface area contributed by atoms with Crippen LogP contribution in [0.3, 0.4) is 0 Å². The molecule has 1 atom stereocenters. The molecule has 3 aromatic heterocycles. The van der Waals surface area contributed by atoms with E-state index < -0.39 is 5.60 Å². The summed E-state index contributed by atoms with van der Waals surface area (Å²) in [6, 6.07) is 11.9. The highest BCUT2D eigenvalue weighted by Crippen LogP contribution is 2.38. The van der Waals surface area contributed by atoms with Crippen molar-refractivity contribution in [1.82, 2.24) is 25.0 Å². The minimum absolute atomic E-state index is 0.257. The first-order valence-electron chi connectivity index (χ1n) is 9.17. The van der Waals surface area contributed by atoms with Gasteiger partial charge in [0.2, 0.25) is 5.82 Å². The lowest BCUT2D eigenvalue weighted by atomic mass is 9.90. The van der Waals surface area contributed by atoms with Crippen LogP contribution >= 0.6 is 0 Å². The zero-order chi connectivity index (χ0) is 18.7. The molecule has 1 aliphatic rings. The first-order valence-corrected chi connectivity index (χ1v) is 9.17. The van der Waals surface area contributed by atoms with Crippen LogP contribution in [-0.4, -0.2) is 45.2 Å². The standard InChI is InChI=1S/C20H23N5O2/c1-15(16-7-3-5-11-21-16)25-13-9-20(26-2,10-14-25)19-23-18(24-27-19)17-8-4-6-12-22-17/h3-8,11-12,15H,9-10,13-14H2,1-2H3/t15-/m0/s1. The van der Waals surface area contributed by atoms with Crippen molar-refractivity contribution in [2.45, 2.75) is 31.4 Å². The third kappa shape index (κ3) is 3.48. The summed E-state index contributed by atoms with van der Waals surface area (Å²) in [5.41, 5.74) is 1.22. The van der Waals surface area contributed by atoms with Gasteiger partial charge in [-0.05, 0) is 44.0 Å². The number of pyridine rings is 2. The Labute approximate surface area is 158 Å². The van der Waals surface area contributed by atoms with Crippen molar-refractivity contribution < 1.29 is 9.26 Å². The molecule has 1 saturated heterocycles. The summed E-state index contributed by atoms with van der Waals surface area (Å²) in [6.45, 7) is 3.92. The van der Waals surface area contributed by atoms with Crippen molar-refractivity contribution in [3.05, 3.63) is 60.4 Å². The Morgan fingerprint density at radius 2 is 1.81 bits per heavy atom. The number of methoxy groups -OCH3 is 1. The molecule has 3 aromatic rings. The summed E-state index contributed by atoms with van der Waals surface area (Å²) in [5.74, 6) is 1.02. The maximum Gasteiger partial charge on any atom is 0.259 e. The number of hydrogen-bond acceptors (Lipinski definition) is 7. The molecule has 4 rings (SSSR count). The van der Waals surface area contributed by atoms with E-state index in [0.29, 0.717) is 17.4 Å². The highest BCUT2D eigenvalue weighted by atomic mass is 16.5. The fourth-order valence-electron chi connectivity index (χ4n) is 3.60. The first kappa shape index (κ1) is 17.8. The molecule has 0 aliphatic carbocycles. The predicted octanol–water partition coefficient (Wildman–Crippen LogP) is 3.23. The van der Waals surface area contributed by atoms with E-state index in [-0.39, 0.29) is 6.04 Å². The highest BCUT2D eigenvalue weighted by molar-refractivity contribution is 5.47. The van der Waals surface area contributed by atoms with Crippen LogP contribution in [0.1, 0.15) is 37.4 Å². The summed E-state index contributed by atoms with van der Waals surface area (Å²) in [4.78, 5) is 15.8. The van der Waals surface area contributed by atoms with Gasteiger partial charge in [-0.1, -0.05) is 17.3 Å². The lowest BCUT2D eigenvalue weighted by Gasteiger charge is -2.40. The zero-order valence-electron chi connectivity index (χ0n) is 15.6. The van der Waals surface area contributed by atoms with Crippen LogP contribution in [0.25, 0.3) is 11.5 Å². The van der Waals surface area contributed by atoms with Crippen molar-refractivity contribution in [1.29, 1.82) is 0 Å². The van der Waals surface area contributed by atoms with Gasteiger partial charge in [-0.25, -0.2) is 0 Å². The van der Waals surface area contributed by atoms with Gasteiger partial charge in [-0.15, -0.1) is 0 Å². The van der Waals surface area contributed by atoms with Crippen LogP contribution in [0.5, 0.6) is 0 Å². The minimum Gasteiger partial charge on any atom is -0.368 e. The lowest BCUT2D eigenvalue weighted by Crippen LogP contribution is -2.44. The van der Waals surface area contributed by atoms with E-state index in [2.05, 4.69) is 38.0 Å². The minimum atomic E-state index is -0.555. The van der Waals surface area contributed by atoms with Gasteiger partial charge < -0.3 is 9.26 Å². The second kappa shape index (κ2) is 7.54. The number of piperidine rings is 1. The Kier molecular flexibility index (Phi) is 4.96. The largest absolute Gasteiger partial charge is 0.368 e. The summed E-state index contributed by atoms with van der Waals surface area (Å²) < 4.78 is 11.5. The van der Waals surface area contributed by atoms with Crippen LogP contribution in [0, 0.1) is 0 Å². The van der Waals surface area contributed by atoms with Gasteiger partial charge in [0.15, 0.2) is 0 Å². The topological polar surface area (TPSA) is 77.2 Å². The Hall–Kier alpha value is -2.64. The molecule has 140 valence electrons. The number of ether oxygens (including phenoxy) is 1. The molecule has 1 fully saturated rings. The predicted molar refractivity (Wildman–Crippen MR) is 99.7 cm³/mol. The molecule has 0 bridgehead atoms. The van der Waals surface area contributed by atoms with Crippen molar-refractivity contribution in [3.63, 3.8) is 0 Å². The lowest BCUT2D eigenvalue weighted by molar-refractivity contribution is -0.0879. The molecular formula is C20H23N5O2. The molecule has 4 heterocycles. The smallest absolute Gasteiger partial charge is 0.259 e. The first-order chi connectivity index (χ1) is 13.2. The third-order valence-electron chi connectivity index (χ3n) is 5.37. The van der Waals surface area contributed by atoms with E-state index in [1.165, 1.54) is 0 Å². The SMILES string of the molecule is COC1(c2nc(-c3ccccn3)no2)CCN([C@@H](C)c2ccccn2)CC1. The number of likely N-dealkylation sites (tertiary alicyclic amines) is 1. The fraction of sp³-hybridized carbons (Fsp3) is 0.400. The van der Waals surface area contributed by atoms with Crippen LogP contribution in [0.4, 0.5) is 0 Å². The van der Waals surface area contributed by atoms with Gasteiger partial charge >= 0.3 is 0 Å². The Balaban J connectivity index is 1.50. The second-order valence-electron chi connectivity index (χ2n) is 6.80. The molecular weight excluding hydrogens is 342 g/mol.